The lowest BCUT2D eigenvalue weighted by molar-refractivity contribution is 0.193. The number of nitrogens with one attached hydrogen (secondary N) is 1. The summed E-state index contributed by atoms with van der Waals surface area (Å²) < 4.78 is 31.0. The maximum Gasteiger partial charge on any atom is 0.240 e. The second-order valence-electron chi connectivity index (χ2n) is 3.67. The fourth-order valence-electron chi connectivity index (χ4n) is 1.34. The Balaban J connectivity index is 2.51. The Hall–Kier alpha value is -1.11. The van der Waals surface area contributed by atoms with Crippen LogP contribution in [0.5, 0.6) is 0 Å². The van der Waals surface area contributed by atoms with E-state index in [0.717, 1.165) is 12.8 Å². The molecule has 0 radical (unpaired) electrons. The molecule has 1 aromatic carbocycles. The lowest BCUT2D eigenvalue weighted by Crippen LogP contribution is -2.25. The van der Waals surface area contributed by atoms with Crippen LogP contribution in [0.25, 0.3) is 0 Å². The number of rotatable bonds is 7. The molecule has 0 aliphatic rings. The molecule has 0 spiro atoms. The van der Waals surface area contributed by atoms with Crippen LogP contribution in [0.3, 0.4) is 0 Å². The number of hydrogen-bond donors (Lipinski definition) is 2. The highest BCUT2D eigenvalue weighted by Gasteiger charge is 2.12. The number of benzene rings is 1. The summed E-state index contributed by atoms with van der Waals surface area (Å²) in [4.78, 5) is 0.198. The summed E-state index contributed by atoms with van der Waals surface area (Å²) in [7, 11) is -1.82. The minimum Gasteiger partial charge on any atom is -0.399 e. The number of ether oxygens (including phenoxy) is 1. The predicted molar refractivity (Wildman–Crippen MR) is 67.2 cm³/mol. The van der Waals surface area contributed by atoms with E-state index in [4.69, 9.17) is 10.5 Å². The van der Waals surface area contributed by atoms with Gasteiger partial charge in [-0.05, 0) is 31.0 Å². The third-order valence-electron chi connectivity index (χ3n) is 2.24. The van der Waals surface area contributed by atoms with E-state index in [-0.39, 0.29) is 4.90 Å². The molecule has 0 aliphatic carbocycles. The van der Waals surface area contributed by atoms with Crippen molar-refractivity contribution < 1.29 is 13.2 Å². The summed E-state index contributed by atoms with van der Waals surface area (Å²) in [5.41, 5.74) is 5.98. The lowest BCUT2D eigenvalue weighted by atomic mass is 10.3. The van der Waals surface area contributed by atoms with Gasteiger partial charge in [0.2, 0.25) is 10.0 Å². The molecule has 17 heavy (non-hydrogen) atoms. The van der Waals surface area contributed by atoms with Gasteiger partial charge in [-0.1, -0.05) is 6.07 Å². The van der Waals surface area contributed by atoms with Crippen LogP contribution in [-0.4, -0.2) is 28.7 Å². The zero-order valence-corrected chi connectivity index (χ0v) is 10.7. The SMILES string of the molecule is COCCCCNS(=O)(=O)c1cccc(N)c1. The largest absolute Gasteiger partial charge is 0.399 e. The zero-order valence-electron chi connectivity index (χ0n) is 9.85. The van der Waals surface area contributed by atoms with Gasteiger partial charge in [0.25, 0.3) is 0 Å². The van der Waals surface area contributed by atoms with Gasteiger partial charge >= 0.3 is 0 Å². The summed E-state index contributed by atoms with van der Waals surface area (Å²) in [6.07, 6.45) is 1.57. The number of methoxy groups -OCH3 is 1. The Bertz CT molecular complexity index is 446. The van der Waals surface area contributed by atoms with E-state index in [1.54, 1.807) is 19.2 Å². The summed E-state index contributed by atoms with van der Waals surface area (Å²) in [5.74, 6) is 0. The Morgan fingerprint density at radius 2 is 2.12 bits per heavy atom. The van der Waals surface area contributed by atoms with E-state index in [9.17, 15) is 8.42 Å². The minimum atomic E-state index is -3.44. The second kappa shape index (κ2) is 6.58. The number of nitrogen functional groups attached to an aromatic ring is 1. The van der Waals surface area contributed by atoms with Crippen LogP contribution in [0, 0.1) is 0 Å². The number of sulfonamides is 1. The third-order valence-corrected chi connectivity index (χ3v) is 3.69. The highest BCUT2D eigenvalue weighted by Crippen LogP contribution is 2.12. The first kappa shape index (κ1) is 14.0. The molecule has 0 aromatic heterocycles. The molecule has 3 N–H and O–H groups in total. The summed E-state index contributed by atoms with van der Waals surface area (Å²) >= 11 is 0. The molecule has 5 nitrogen and oxygen atoms in total. The van der Waals surface area contributed by atoms with Crippen LogP contribution in [0.1, 0.15) is 12.8 Å². The van der Waals surface area contributed by atoms with E-state index in [2.05, 4.69) is 4.72 Å². The van der Waals surface area contributed by atoms with Gasteiger partial charge in [-0.15, -0.1) is 0 Å². The highest BCUT2D eigenvalue weighted by molar-refractivity contribution is 7.89. The molecule has 0 heterocycles. The van der Waals surface area contributed by atoms with Crippen molar-refractivity contribution in [3.8, 4) is 0 Å². The topological polar surface area (TPSA) is 81.4 Å². The van der Waals surface area contributed by atoms with Crippen molar-refractivity contribution in [2.24, 2.45) is 0 Å². The molecule has 96 valence electrons. The Morgan fingerprint density at radius 3 is 2.76 bits per heavy atom. The molecule has 0 aliphatic heterocycles. The van der Waals surface area contributed by atoms with E-state index in [1.807, 2.05) is 0 Å². The van der Waals surface area contributed by atoms with Gasteiger partial charge in [0.15, 0.2) is 0 Å². The maximum atomic E-state index is 11.8. The minimum absolute atomic E-state index is 0.198. The van der Waals surface area contributed by atoms with Gasteiger partial charge in [0.1, 0.15) is 0 Å². The summed E-state index contributed by atoms with van der Waals surface area (Å²) in [6, 6.07) is 6.23. The fraction of sp³-hybridized carbons (Fsp3) is 0.455. The smallest absolute Gasteiger partial charge is 0.240 e. The van der Waals surface area contributed by atoms with Gasteiger partial charge in [-0.25, -0.2) is 13.1 Å². The molecule has 6 heteroatoms. The number of unbranched alkanes of at least 4 members (excludes halogenated alkanes) is 1. The Labute approximate surface area is 102 Å². The van der Waals surface area contributed by atoms with Crippen molar-refractivity contribution in [2.45, 2.75) is 17.7 Å². The first-order valence-corrected chi connectivity index (χ1v) is 6.89. The average molecular weight is 258 g/mol. The molecule has 1 rings (SSSR count). The van der Waals surface area contributed by atoms with Crippen LogP contribution in [0.4, 0.5) is 5.69 Å². The van der Waals surface area contributed by atoms with E-state index in [0.29, 0.717) is 18.8 Å². The van der Waals surface area contributed by atoms with Crippen molar-refractivity contribution in [1.29, 1.82) is 0 Å². The fourth-order valence-corrected chi connectivity index (χ4v) is 2.47. The van der Waals surface area contributed by atoms with Crippen LogP contribution in [-0.2, 0) is 14.8 Å². The quantitative estimate of drug-likeness (QED) is 0.564. The van der Waals surface area contributed by atoms with Crippen LogP contribution >= 0.6 is 0 Å². The molecule has 0 bridgehead atoms. The predicted octanol–water partition coefficient (Wildman–Crippen LogP) is 0.974. The summed E-state index contributed by atoms with van der Waals surface area (Å²) in [6.45, 7) is 1.04. The van der Waals surface area contributed by atoms with Crippen molar-refractivity contribution >= 4 is 15.7 Å². The monoisotopic (exact) mass is 258 g/mol. The average Bonchev–Trinajstić information content (AvgIpc) is 2.29. The van der Waals surface area contributed by atoms with Gasteiger partial charge in [0.05, 0.1) is 4.90 Å². The molecule has 0 fully saturated rings. The molecule has 0 saturated heterocycles. The molecule has 0 unspecified atom stereocenters. The first-order chi connectivity index (χ1) is 8.06. The van der Waals surface area contributed by atoms with Crippen molar-refractivity contribution in [3.63, 3.8) is 0 Å². The van der Waals surface area contributed by atoms with E-state index >= 15 is 0 Å². The number of anilines is 1. The Morgan fingerprint density at radius 1 is 1.35 bits per heavy atom. The molecular weight excluding hydrogens is 240 g/mol. The normalized spacial score (nSPS) is 11.6. The van der Waals surface area contributed by atoms with Crippen molar-refractivity contribution in [2.75, 3.05) is 26.0 Å². The van der Waals surface area contributed by atoms with Gasteiger partial charge in [-0.3, -0.25) is 0 Å². The van der Waals surface area contributed by atoms with Crippen LogP contribution < -0.4 is 10.5 Å². The molecule has 0 atom stereocenters. The standard InChI is InChI=1S/C11H18N2O3S/c1-16-8-3-2-7-13-17(14,15)11-6-4-5-10(12)9-11/h4-6,9,13H,2-3,7-8,12H2,1H3. The van der Waals surface area contributed by atoms with Crippen molar-refractivity contribution in [3.05, 3.63) is 24.3 Å². The van der Waals surface area contributed by atoms with Gasteiger partial charge < -0.3 is 10.5 Å². The Kier molecular flexibility index (Phi) is 5.40. The molecule has 1 aromatic rings. The van der Waals surface area contributed by atoms with Gasteiger partial charge in [-0.2, -0.15) is 0 Å². The molecule has 0 amide bonds. The lowest BCUT2D eigenvalue weighted by Gasteiger charge is -2.07. The first-order valence-electron chi connectivity index (χ1n) is 5.40. The third kappa shape index (κ3) is 4.72. The van der Waals surface area contributed by atoms with Crippen LogP contribution in [0.2, 0.25) is 0 Å². The number of nitrogens with two attached hydrogens (primary N) is 1. The second-order valence-corrected chi connectivity index (χ2v) is 5.44. The maximum absolute atomic E-state index is 11.8. The van der Waals surface area contributed by atoms with Gasteiger partial charge in [0, 0.05) is 25.9 Å². The van der Waals surface area contributed by atoms with Crippen LogP contribution in [0.15, 0.2) is 29.2 Å². The summed E-state index contributed by atoms with van der Waals surface area (Å²) in [5, 5.41) is 0. The number of hydrogen-bond acceptors (Lipinski definition) is 4. The van der Waals surface area contributed by atoms with E-state index < -0.39 is 10.0 Å². The van der Waals surface area contributed by atoms with Crippen molar-refractivity contribution in [1.82, 2.24) is 4.72 Å². The van der Waals surface area contributed by atoms with E-state index in [1.165, 1.54) is 12.1 Å². The zero-order chi connectivity index (χ0) is 12.7. The molecule has 0 saturated carbocycles. The molecular formula is C11H18N2O3S. The highest BCUT2D eigenvalue weighted by atomic mass is 32.2.